The van der Waals surface area contributed by atoms with Gasteiger partial charge in [0.15, 0.2) is 0 Å². The lowest BCUT2D eigenvalue weighted by Gasteiger charge is -2.27. The molecule has 0 spiro atoms. The zero-order valence-corrected chi connectivity index (χ0v) is 17.6. The normalized spacial score (nSPS) is 11.5. The maximum absolute atomic E-state index is 12.4. The molecule has 0 radical (unpaired) electrons. The number of carboxylic acids is 2. The first-order chi connectivity index (χ1) is 13.1. The van der Waals surface area contributed by atoms with Crippen molar-refractivity contribution in [3.63, 3.8) is 0 Å². The summed E-state index contributed by atoms with van der Waals surface area (Å²) in [6.07, 6.45) is 10.5. The van der Waals surface area contributed by atoms with Crippen molar-refractivity contribution in [2.75, 3.05) is 13.1 Å². The maximum atomic E-state index is 12.4. The molecule has 0 aliphatic rings. The van der Waals surface area contributed by atoms with Crippen LogP contribution in [0.5, 0.6) is 0 Å². The number of carbonyl (C=O) groups is 3. The Morgan fingerprint density at radius 1 is 0.857 bits per heavy atom. The summed E-state index contributed by atoms with van der Waals surface area (Å²) in [5, 5.41) is 17.2. The van der Waals surface area contributed by atoms with E-state index >= 15 is 0 Å². The van der Waals surface area contributed by atoms with Crippen LogP contribution >= 0.6 is 0 Å². The highest BCUT2D eigenvalue weighted by atomic mass is 16.6. The van der Waals surface area contributed by atoms with Gasteiger partial charge in [0.05, 0.1) is 0 Å². The van der Waals surface area contributed by atoms with Crippen LogP contribution in [-0.4, -0.2) is 51.8 Å². The second kappa shape index (κ2) is 14.9. The van der Waals surface area contributed by atoms with Gasteiger partial charge >= 0.3 is 18.0 Å². The van der Waals surface area contributed by atoms with Gasteiger partial charge in [-0.05, 0) is 52.9 Å². The van der Waals surface area contributed by atoms with E-state index in [1.54, 1.807) is 11.0 Å². The summed E-state index contributed by atoms with van der Waals surface area (Å²) in [5.41, 5.74) is -0.534. The smallest absolute Gasteiger partial charge is 0.410 e. The number of nitrogens with zero attached hydrogens (tertiary/aromatic N) is 1. The van der Waals surface area contributed by atoms with Gasteiger partial charge in [0.25, 0.3) is 0 Å². The lowest BCUT2D eigenvalue weighted by molar-refractivity contribution is -0.137. The number of unbranched alkanes of at least 4 members (excludes halogenated alkanes) is 7. The number of aliphatic carboxylic acids is 2. The molecule has 0 aliphatic heterocycles. The number of rotatable bonds is 15. The van der Waals surface area contributed by atoms with Crippen LogP contribution in [0, 0.1) is 0 Å². The zero-order valence-electron chi connectivity index (χ0n) is 17.6. The van der Waals surface area contributed by atoms with E-state index in [2.05, 4.69) is 0 Å². The Morgan fingerprint density at radius 3 is 1.93 bits per heavy atom. The van der Waals surface area contributed by atoms with Gasteiger partial charge in [-0.15, -0.1) is 0 Å². The molecule has 0 heterocycles. The molecule has 0 bridgehead atoms. The Balaban J connectivity index is 4.19. The molecule has 0 aromatic rings. The first-order valence-electron chi connectivity index (χ1n) is 10.2. The molecule has 0 fully saturated rings. The Kier molecular flexibility index (Phi) is 13.8. The molecule has 0 rings (SSSR count). The van der Waals surface area contributed by atoms with E-state index in [0.29, 0.717) is 19.5 Å². The zero-order chi connectivity index (χ0) is 21.4. The number of carboxylic acid groups (broad SMARTS) is 2. The summed E-state index contributed by atoms with van der Waals surface area (Å²) in [6.45, 7) is 6.80. The Hall–Kier alpha value is -2.05. The van der Waals surface area contributed by atoms with Gasteiger partial charge in [-0.1, -0.05) is 31.8 Å². The Morgan fingerprint density at radius 2 is 1.39 bits per heavy atom. The number of ether oxygens (including phenoxy) is 1. The topological polar surface area (TPSA) is 104 Å². The van der Waals surface area contributed by atoms with Crippen molar-refractivity contribution >= 4 is 18.0 Å². The number of allylic oxidation sites excluding steroid dienone is 1. The predicted octanol–water partition coefficient (Wildman–Crippen LogP) is 4.85. The molecule has 0 atom stereocenters. The van der Waals surface area contributed by atoms with Gasteiger partial charge in [0.1, 0.15) is 5.60 Å². The maximum Gasteiger partial charge on any atom is 0.410 e. The number of carbonyl (C=O) groups excluding carboxylic acids is 1. The van der Waals surface area contributed by atoms with E-state index in [9.17, 15) is 14.4 Å². The molecule has 2 N–H and O–H groups in total. The third-order valence-electron chi connectivity index (χ3n) is 4.03. The summed E-state index contributed by atoms with van der Waals surface area (Å²) in [5.74, 6) is -1.69. The van der Waals surface area contributed by atoms with Crippen molar-refractivity contribution in [3.05, 3.63) is 12.2 Å². The molecular weight excluding hydrogens is 362 g/mol. The first-order valence-corrected chi connectivity index (χ1v) is 10.2. The van der Waals surface area contributed by atoms with Crippen LogP contribution in [-0.2, 0) is 14.3 Å². The van der Waals surface area contributed by atoms with Crippen LogP contribution < -0.4 is 0 Å². The van der Waals surface area contributed by atoms with E-state index in [1.165, 1.54) is 0 Å². The van der Waals surface area contributed by atoms with Crippen molar-refractivity contribution in [2.24, 2.45) is 0 Å². The molecule has 162 valence electrons. The molecule has 0 saturated heterocycles. The molecular formula is C21H37NO6. The average Bonchev–Trinajstić information content (AvgIpc) is 2.55. The monoisotopic (exact) mass is 399 g/mol. The third-order valence-corrected chi connectivity index (χ3v) is 4.03. The summed E-state index contributed by atoms with van der Waals surface area (Å²) < 4.78 is 5.49. The minimum absolute atomic E-state index is 0.214. The van der Waals surface area contributed by atoms with Gasteiger partial charge in [-0.25, -0.2) is 9.59 Å². The Bertz CT molecular complexity index is 496. The van der Waals surface area contributed by atoms with Crippen LogP contribution in [0.1, 0.15) is 85.0 Å². The van der Waals surface area contributed by atoms with Crippen molar-refractivity contribution in [1.82, 2.24) is 4.90 Å². The first kappa shape index (κ1) is 26.0. The Labute approximate surface area is 168 Å². The lowest BCUT2D eigenvalue weighted by atomic mass is 10.1. The van der Waals surface area contributed by atoms with Crippen molar-refractivity contribution in [2.45, 2.75) is 90.6 Å². The quantitative estimate of drug-likeness (QED) is 0.301. The van der Waals surface area contributed by atoms with Crippen molar-refractivity contribution < 1.29 is 29.3 Å². The van der Waals surface area contributed by atoms with Crippen LogP contribution in [0.25, 0.3) is 0 Å². The third kappa shape index (κ3) is 17.4. The van der Waals surface area contributed by atoms with Gasteiger partial charge in [0, 0.05) is 25.6 Å². The van der Waals surface area contributed by atoms with Gasteiger partial charge in [0.2, 0.25) is 0 Å². The number of hydrogen-bond acceptors (Lipinski definition) is 4. The molecule has 0 aliphatic carbocycles. The van der Waals surface area contributed by atoms with Crippen LogP contribution in [0.15, 0.2) is 12.2 Å². The number of hydrogen-bond donors (Lipinski definition) is 2. The predicted molar refractivity (Wildman–Crippen MR) is 108 cm³/mol. The molecule has 7 heteroatoms. The van der Waals surface area contributed by atoms with E-state index in [-0.39, 0.29) is 12.5 Å². The van der Waals surface area contributed by atoms with Gasteiger partial charge < -0.3 is 19.8 Å². The fourth-order valence-electron chi connectivity index (χ4n) is 2.66. The molecule has 0 aromatic heterocycles. The van der Waals surface area contributed by atoms with E-state index < -0.39 is 17.5 Å². The standard InChI is InChI=1S/C21H37NO6/c1-21(2,3)28-20(27)22(16-12-8-4-6-10-14-18(23)24)17-13-9-5-7-11-15-19(25)26/h10,14H,4-9,11-13,15-17H2,1-3H3,(H,23,24)(H,25,26)/b14-10+. The highest BCUT2D eigenvalue weighted by molar-refractivity contribution is 5.79. The largest absolute Gasteiger partial charge is 0.481 e. The molecule has 0 saturated carbocycles. The van der Waals surface area contributed by atoms with E-state index in [1.807, 2.05) is 20.8 Å². The molecule has 0 aromatic carbocycles. The fourth-order valence-corrected chi connectivity index (χ4v) is 2.66. The molecule has 7 nitrogen and oxygen atoms in total. The van der Waals surface area contributed by atoms with E-state index in [0.717, 1.165) is 57.4 Å². The van der Waals surface area contributed by atoms with Crippen LogP contribution in [0.4, 0.5) is 4.79 Å². The van der Waals surface area contributed by atoms with Gasteiger partial charge in [-0.2, -0.15) is 0 Å². The van der Waals surface area contributed by atoms with Crippen molar-refractivity contribution in [1.29, 1.82) is 0 Å². The highest BCUT2D eigenvalue weighted by Crippen LogP contribution is 2.13. The minimum Gasteiger partial charge on any atom is -0.481 e. The summed E-state index contributed by atoms with van der Waals surface area (Å²) in [4.78, 5) is 35.0. The van der Waals surface area contributed by atoms with Gasteiger partial charge in [-0.3, -0.25) is 4.79 Å². The SMILES string of the molecule is CC(C)(C)OC(=O)N(CCCCC/C=C/C(=O)O)CCCCCCCC(=O)O. The van der Waals surface area contributed by atoms with Crippen LogP contribution in [0.3, 0.4) is 0 Å². The van der Waals surface area contributed by atoms with Crippen LogP contribution in [0.2, 0.25) is 0 Å². The summed E-state index contributed by atoms with van der Waals surface area (Å²) in [6, 6.07) is 0. The number of amides is 1. The summed E-state index contributed by atoms with van der Waals surface area (Å²) in [7, 11) is 0. The minimum atomic E-state index is -0.931. The van der Waals surface area contributed by atoms with Crippen molar-refractivity contribution in [3.8, 4) is 0 Å². The van der Waals surface area contributed by atoms with E-state index in [4.69, 9.17) is 14.9 Å². The lowest BCUT2D eigenvalue weighted by Crippen LogP contribution is -2.38. The second-order valence-corrected chi connectivity index (χ2v) is 7.97. The molecule has 28 heavy (non-hydrogen) atoms. The average molecular weight is 400 g/mol. The summed E-state index contributed by atoms with van der Waals surface area (Å²) >= 11 is 0. The molecule has 1 amide bonds. The molecule has 0 unspecified atom stereocenters. The fraction of sp³-hybridized carbons (Fsp3) is 0.762. The highest BCUT2D eigenvalue weighted by Gasteiger charge is 2.21. The second-order valence-electron chi connectivity index (χ2n) is 7.97.